The van der Waals surface area contributed by atoms with Crippen molar-refractivity contribution < 1.29 is 18.0 Å². The maximum Gasteiger partial charge on any atom is 0.416 e. The van der Waals surface area contributed by atoms with Crippen LogP contribution in [0.15, 0.2) is 24.3 Å². The Bertz CT molecular complexity index is 384. The van der Waals surface area contributed by atoms with Gasteiger partial charge in [0.25, 0.3) is 0 Å². The predicted molar refractivity (Wildman–Crippen MR) is 63.1 cm³/mol. The van der Waals surface area contributed by atoms with Crippen LogP contribution in [0.2, 0.25) is 0 Å². The van der Waals surface area contributed by atoms with Crippen molar-refractivity contribution in [1.29, 1.82) is 0 Å². The molecule has 1 rings (SSSR count). The van der Waals surface area contributed by atoms with Gasteiger partial charge in [0.05, 0.1) is 11.5 Å². The predicted octanol–water partition coefficient (Wildman–Crippen LogP) is 4.05. The van der Waals surface area contributed by atoms with Crippen LogP contribution in [0.4, 0.5) is 13.2 Å². The molecular formula is C12H13F3OS. The highest BCUT2D eigenvalue weighted by atomic mass is 32.1. The van der Waals surface area contributed by atoms with Crippen molar-refractivity contribution in [3.8, 4) is 0 Å². The molecule has 0 aliphatic carbocycles. The van der Waals surface area contributed by atoms with E-state index in [1.807, 2.05) is 6.92 Å². The van der Waals surface area contributed by atoms with Gasteiger partial charge in [0.1, 0.15) is 0 Å². The third kappa shape index (κ3) is 3.77. The molecule has 1 aromatic rings. The van der Waals surface area contributed by atoms with Crippen LogP contribution in [0, 0.1) is 0 Å². The SMILES string of the molecule is CCCC(C(=O)S)c1ccc(C(F)(F)F)cc1. The molecule has 0 aliphatic heterocycles. The molecule has 0 heterocycles. The average molecular weight is 262 g/mol. The Morgan fingerprint density at radius 1 is 1.29 bits per heavy atom. The first-order valence-electron chi connectivity index (χ1n) is 5.26. The normalized spacial score (nSPS) is 13.5. The fourth-order valence-electron chi connectivity index (χ4n) is 1.63. The minimum atomic E-state index is -4.34. The maximum atomic E-state index is 12.3. The number of alkyl halides is 3. The van der Waals surface area contributed by atoms with E-state index >= 15 is 0 Å². The van der Waals surface area contributed by atoms with E-state index in [-0.39, 0.29) is 5.12 Å². The molecule has 0 fully saturated rings. The lowest BCUT2D eigenvalue weighted by Crippen LogP contribution is -2.08. The molecule has 0 amide bonds. The van der Waals surface area contributed by atoms with Gasteiger partial charge in [0.2, 0.25) is 0 Å². The second-order valence-corrected chi connectivity index (χ2v) is 4.24. The largest absolute Gasteiger partial charge is 0.416 e. The van der Waals surface area contributed by atoms with Crippen LogP contribution in [-0.4, -0.2) is 5.12 Å². The smallest absolute Gasteiger partial charge is 0.287 e. The topological polar surface area (TPSA) is 17.1 Å². The Morgan fingerprint density at radius 2 is 1.82 bits per heavy atom. The number of halogens is 3. The van der Waals surface area contributed by atoms with Gasteiger partial charge in [-0.05, 0) is 24.1 Å². The van der Waals surface area contributed by atoms with E-state index in [9.17, 15) is 18.0 Å². The molecule has 0 aromatic heterocycles. The van der Waals surface area contributed by atoms with E-state index in [2.05, 4.69) is 12.6 Å². The van der Waals surface area contributed by atoms with E-state index in [0.29, 0.717) is 12.0 Å². The molecule has 0 aliphatic rings. The fourth-order valence-corrected chi connectivity index (χ4v) is 1.90. The lowest BCUT2D eigenvalue weighted by molar-refractivity contribution is -0.137. The summed E-state index contributed by atoms with van der Waals surface area (Å²) in [6.07, 6.45) is -2.98. The molecule has 1 atom stereocenters. The molecule has 0 bridgehead atoms. The Morgan fingerprint density at radius 3 is 2.18 bits per heavy atom. The zero-order valence-corrected chi connectivity index (χ0v) is 10.2. The minimum Gasteiger partial charge on any atom is -0.287 e. The van der Waals surface area contributed by atoms with Crippen LogP contribution in [0.25, 0.3) is 0 Å². The molecule has 1 nitrogen and oxygen atoms in total. The number of hydrogen-bond acceptors (Lipinski definition) is 1. The summed E-state index contributed by atoms with van der Waals surface area (Å²) in [5.41, 5.74) is -0.122. The van der Waals surface area contributed by atoms with Crippen LogP contribution in [0.5, 0.6) is 0 Å². The first-order valence-corrected chi connectivity index (χ1v) is 5.71. The van der Waals surface area contributed by atoms with Crippen molar-refractivity contribution in [2.75, 3.05) is 0 Å². The molecule has 1 unspecified atom stereocenters. The van der Waals surface area contributed by atoms with Gasteiger partial charge in [-0.2, -0.15) is 13.2 Å². The first kappa shape index (κ1) is 14.1. The van der Waals surface area contributed by atoms with Crippen molar-refractivity contribution >= 4 is 17.7 Å². The Hall–Kier alpha value is -0.970. The number of thiol groups is 1. The molecule has 0 N–H and O–H groups in total. The van der Waals surface area contributed by atoms with Gasteiger partial charge < -0.3 is 0 Å². The third-order valence-electron chi connectivity index (χ3n) is 2.52. The fraction of sp³-hybridized carbons (Fsp3) is 0.417. The monoisotopic (exact) mass is 262 g/mol. The highest BCUT2D eigenvalue weighted by Gasteiger charge is 2.30. The van der Waals surface area contributed by atoms with Crippen LogP contribution in [-0.2, 0) is 11.0 Å². The number of carbonyl (C=O) groups is 1. The highest BCUT2D eigenvalue weighted by molar-refractivity contribution is 7.96. The molecular weight excluding hydrogens is 249 g/mol. The summed E-state index contributed by atoms with van der Waals surface area (Å²) in [6, 6.07) is 4.68. The summed E-state index contributed by atoms with van der Waals surface area (Å²) in [4.78, 5) is 11.3. The number of hydrogen-bond donors (Lipinski definition) is 1. The molecule has 0 saturated heterocycles. The summed E-state index contributed by atoms with van der Waals surface area (Å²) in [6.45, 7) is 1.91. The third-order valence-corrected chi connectivity index (χ3v) is 2.83. The highest BCUT2D eigenvalue weighted by Crippen LogP contribution is 2.31. The van der Waals surface area contributed by atoms with Gasteiger partial charge >= 0.3 is 6.18 Å². The standard InChI is InChI=1S/C12H13F3OS/c1-2-3-10(11(16)17)8-4-6-9(7-5-8)12(13,14)15/h4-7,10H,2-3H2,1H3,(H,16,17). The number of rotatable bonds is 4. The second-order valence-electron chi connectivity index (χ2n) is 3.80. The van der Waals surface area contributed by atoms with Crippen molar-refractivity contribution in [3.05, 3.63) is 35.4 Å². The van der Waals surface area contributed by atoms with Crippen molar-refractivity contribution in [2.24, 2.45) is 0 Å². The van der Waals surface area contributed by atoms with Crippen molar-refractivity contribution in [2.45, 2.75) is 31.9 Å². The lowest BCUT2D eigenvalue weighted by atomic mass is 9.95. The van der Waals surface area contributed by atoms with Crippen molar-refractivity contribution in [3.63, 3.8) is 0 Å². The average Bonchev–Trinajstić information content (AvgIpc) is 2.24. The Balaban J connectivity index is 2.96. The van der Waals surface area contributed by atoms with E-state index in [0.717, 1.165) is 18.6 Å². The molecule has 0 saturated carbocycles. The molecule has 17 heavy (non-hydrogen) atoms. The molecule has 0 radical (unpaired) electrons. The summed E-state index contributed by atoms with van der Waals surface area (Å²) in [5, 5.41) is -0.313. The molecule has 1 aromatic carbocycles. The van der Waals surface area contributed by atoms with Crippen LogP contribution >= 0.6 is 12.6 Å². The molecule has 0 spiro atoms. The maximum absolute atomic E-state index is 12.3. The summed E-state index contributed by atoms with van der Waals surface area (Å²) >= 11 is 3.76. The van der Waals surface area contributed by atoms with E-state index in [1.165, 1.54) is 12.1 Å². The van der Waals surface area contributed by atoms with Gasteiger partial charge in [-0.15, -0.1) is 12.6 Å². The summed E-state index contributed by atoms with van der Waals surface area (Å²) in [7, 11) is 0. The van der Waals surface area contributed by atoms with Crippen LogP contribution in [0.3, 0.4) is 0 Å². The number of benzene rings is 1. The number of carbonyl (C=O) groups excluding carboxylic acids is 1. The van der Waals surface area contributed by atoms with Crippen molar-refractivity contribution in [1.82, 2.24) is 0 Å². The van der Waals surface area contributed by atoms with Gasteiger partial charge in [-0.1, -0.05) is 25.5 Å². The Labute approximate surface area is 103 Å². The van der Waals surface area contributed by atoms with E-state index in [4.69, 9.17) is 0 Å². The second kappa shape index (κ2) is 5.58. The molecule has 94 valence electrons. The summed E-state index contributed by atoms with van der Waals surface area (Å²) < 4.78 is 37.0. The molecule has 5 heteroatoms. The Kier molecular flexibility index (Phi) is 4.62. The van der Waals surface area contributed by atoms with Gasteiger partial charge in [-0.3, -0.25) is 4.79 Å². The van der Waals surface area contributed by atoms with Gasteiger partial charge in [-0.25, -0.2) is 0 Å². The zero-order chi connectivity index (χ0) is 13.1. The summed E-state index contributed by atoms with van der Waals surface area (Å²) in [5.74, 6) is -0.425. The van der Waals surface area contributed by atoms with E-state index < -0.39 is 17.7 Å². The lowest BCUT2D eigenvalue weighted by Gasteiger charge is -2.13. The van der Waals surface area contributed by atoms with Crippen LogP contribution in [0.1, 0.15) is 36.8 Å². The zero-order valence-electron chi connectivity index (χ0n) is 9.29. The van der Waals surface area contributed by atoms with Gasteiger partial charge in [0, 0.05) is 0 Å². The quantitative estimate of drug-likeness (QED) is 0.810. The van der Waals surface area contributed by atoms with Gasteiger partial charge in [0.15, 0.2) is 5.12 Å². The van der Waals surface area contributed by atoms with E-state index in [1.54, 1.807) is 0 Å². The first-order chi connectivity index (χ1) is 7.86. The van der Waals surface area contributed by atoms with Crippen LogP contribution < -0.4 is 0 Å². The minimum absolute atomic E-state index is 0.313.